The Morgan fingerprint density at radius 1 is 1.30 bits per heavy atom. The molecule has 0 aromatic heterocycles. The molecule has 0 aliphatic carbocycles. The van der Waals surface area contributed by atoms with E-state index in [9.17, 15) is 9.90 Å². The Bertz CT molecular complexity index is 482. The van der Waals surface area contributed by atoms with E-state index in [4.69, 9.17) is 4.74 Å². The van der Waals surface area contributed by atoms with Crippen LogP contribution in [0.2, 0.25) is 0 Å². The van der Waals surface area contributed by atoms with E-state index < -0.39 is 5.97 Å². The fraction of sp³-hybridized carbons (Fsp3) is 0.400. The van der Waals surface area contributed by atoms with Gasteiger partial charge in [0, 0.05) is 23.6 Å². The number of rotatable bonds is 6. The van der Waals surface area contributed by atoms with E-state index in [1.165, 1.54) is 0 Å². The van der Waals surface area contributed by atoms with Crippen LogP contribution in [0.3, 0.4) is 0 Å². The molecular weight excluding hydrogens is 322 g/mol. The summed E-state index contributed by atoms with van der Waals surface area (Å²) in [6.07, 6.45) is 1.19. The highest BCUT2D eigenvalue weighted by atomic mass is 79.9. The largest absolute Gasteiger partial charge is 0.510 e. The zero-order valence-electron chi connectivity index (χ0n) is 12.0. The quantitative estimate of drug-likeness (QED) is 0.482. The van der Waals surface area contributed by atoms with E-state index in [1.54, 1.807) is 18.9 Å². The summed E-state index contributed by atoms with van der Waals surface area (Å²) >= 11 is 3.37. The third kappa shape index (κ3) is 4.27. The topological polar surface area (TPSA) is 49.8 Å². The number of benzene rings is 1. The number of anilines is 1. The standard InChI is InChI=1S/C15H20BrNO3/c1-4-6-13(18)14(15(19)20-5-2)17(3)12-9-7-11(16)8-10-12/h7-10,18H,4-6H2,1-3H3/b14-13+. The Balaban J connectivity index is 3.13. The fourth-order valence-electron chi connectivity index (χ4n) is 1.80. The molecule has 0 radical (unpaired) electrons. The highest BCUT2D eigenvalue weighted by molar-refractivity contribution is 9.10. The molecule has 0 heterocycles. The Labute approximate surface area is 128 Å². The second-order valence-corrected chi connectivity index (χ2v) is 5.22. The summed E-state index contributed by atoms with van der Waals surface area (Å²) in [6, 6.07) is 7.49. The predicted molar refractivity (Wildman–Crippen MR) is 83.7 cm³/mol. The molecule has 0 fully saturated rings. The van der Waals surface area contributed by atoms with Gasteiger partial charge in [-0.2, -0.15) is 0 Å². The number of carbonyl (C=O) groups excluding carboxylic acids is 1. The summed E-state index contributed by atoms with van der Waals surface area (Å²) in [5.41, 5.74) is 0.995. The summed E-state index contributed by atoms with van der Waals surface area (Å²) in [7, 11) is 1.74. The molecule has 0 spiro atoms. The van der Waals surface area contributed by atoms with Crippen molar-refractivity contribution in [1.82, 2.24) is 0 Å². The smallest absolute Gasteiger partial charge is 0.358 e. The highest BCUT2D eigenvalue weighted by Gasteiger charge is 2.21. The number of nitrogens with zero attached hydrogens (tertiary/aromatic N) is 1. The first kappa shape index (κ1) is 16.6. The van der Waals surface area contributed by atoms with Gasteiger partial charge in [0.1, 0.15) is 5.76 Å². The molecule has 1 aromatic carbocycles. The molecule has 0 aliphatic heterocycles. The highest BCUT2D eigenvalue weighted by Crippen LogP contribution is 2.23. The number of likely N-dealkylation sites (N-methyl/N-ethyl adjacent to an activating group) is 1. The first-order valence-electron chi connectivity index (χ1n) is 6.59. The molecule has 0 saturated heterocycles. The lowest BCUT2D eigenvalue weighted by molar-refractivity contribution is -0.138. The Kier molecular flexibility index (Phi) is 6.58. The first-order chi connectivity index (χ1) is 9.51. The normalized spacial score (nSPS) is 11.8. The summed E-state index contributed by atoms with van der Waals surface area (Å²) in [5.74, 6) is -0.458. The molecule has 4 nitrogen and oxygen atoms in total. The zero-order valence-corrected chi connectivity index (χ0v) is 13.6. The van der Waals surface area contributed by atoms with Crippen molar-refractivity contribution < 1.29 is 14.6 Å². The summed E-state index contributed by atoms with van der Waals surface area (Å²) in [4.78, 5) is 13.7. The van der Waals surface area contributed by atoms with Crippen molar-refractivity contribution in [1.29, 1.82) is 0 Å². The maximum atomic E-state index is 12.1. The van der Waals surface area contributed by atoms with Gasteiger partial charge in [0.05, 0.1) is 6.61 Å². The molecule has 1 N–H and O–H groups in total. The molecule has 110 valence electrons. The second kappa shape index (κ2) is 7.94. The third-order valence-corrected chi connectivity index (χ3v) is 3.31. The monoisotopic (exact) mass is 341 g/mol. The fourth-order valence-corrected chi connectivity index (χ4v) is 2.06. The molecule has 20 heavy (non-hydrogen) atoms. The molecule has 0 bridgehead atoms. The second-order valence-electron chi connectivity index (χ2n) is 4.30. The lowest BCUT2D eigenvalue weighted by Gasteiger charge is -2.22. The van der Waals surface area contributed by atoms with Crippen LogP contribution in [0.4, 0.5) is 5.69 Å². The molecule has 0 aliphatic rings. The van der Waals surface area contributed by atoms with Gasteiger partial charge in [0.25, 0.3) is 0 Å². The predicted octanol–water partition coefficient (Wildman–Crippen LogP) is 4.02. The number of aliphatic hydroxyl groups excluding tert-OH is 1. The molecule has 0 unspecified atom stereocenters. The van der Waals surface area contributed by atoms with Crippen LogP contribution in [-0.4, -0.2) is 24.7 Å². The third-order valence-electron chi connectivity index (χ3n) is 2.78. The van der Waals surface area contributed by atoms with Gasteiger partial charge < -0.3 is 14.7 Å². The van der Waals surface area contributed by atoms with E-state index in [1.807, 2.05) is 31.2 Å². The molecule has 0 amide bonds. The Hall–Kier alpha value is -1.49. The van der Waals surface area contributed by atoms with Gasteiger partial charge >= 0.3 is 5.97 Å². The SMILES string of the molecule is CCC/C(O)=C(/C(=O)OCC)N(C)c1ccc(Br)cc1. The van der Waals surface area contributed by atoms with Crippen LogP contribution < -0.4 is 4.90 Å². The number of aliphatic hydroxyl groups is 1. The molecular formula is C15H20BrNO3. The minimum atomic E-state index is -0.510. The van der Waals surface area contributed by atoms with E-state index >= 15 is 0 Å². The van der Waals surface area contributed by atoms with Gasteiger partial charge in [-0.1, -0.05) is 22.9 Å². The van der Waals surface area contributed by atoms with E-state index in [-0.39, 0.29) is 18.1 Å². The number of carbonyl (C=O) groups is 1. The maximum Gasteiger partial charge on any atom is 0.358 e. The summed E-state index contributed by atoms with van der Waals surface area (Å²) in [6.45, 7) is 3.96. The molecule has 1 aromatic rings. The number of halogens is 1. The minimum Gasteiger partial charge on any atom is -0.510 e. The molecule has 0 atom stereocenters. The van der Waals surface area contributed by atoms with E-state index in [0.717, 1.165) is 16.6 Å². The molecule has 1 rings (SSSR count). The molecule has 5 heteroatoms. The summed E-state index contributed by atoms with van der Waals surface area (Å²) in [5, 5.41) is 10.1. The van der Waals surface area contributed by atoms with E-state index in [0.29, 0.717) is 6.42 Å². The van der Waals surface area contributed by atoms with Crippen LogP contribution in [0.5, 0.6) is 0 Å². The number of hydrogen-bond acceptors (Lipinski definition) is 4. The number of ether oxygens (including phenoxy) is 1. The first-order valence-corrected chi connectivity index (χ1v) is 7.39. The lowest BCUT2D eigenvalue weighted by Crippen LogP contribution is -2.26. The Morgan fingerprint density at radius 2 is 1.90 bits per heavy atom. The number of hydrogen-bond donors (Lipinski definition) is 1. The van der Waals surface area contributed by atoms with Gasteiger partial charge in [-0.15, -0.1) is 0 Å². The van der Waals surface area contributed by atoms with Crippen molar-refractivity contribution in [2.45, 2.75) is 26.7 Å². The van der Waals surface area contributed by atoms with E-state index in [2.05, 4.69) is 15.9 Å². The lowest BCUT2D eigenvalue weighted by atomic mass is 10.2. The van der Waals surface area contributed by atoms with Crippen molar-refractivity contribution in [2.75, 3.05) is 18.6 Å². The summed E-state index contributed by atoms with van der Waals surface area (Å²) < 4.78 is 5.98. The molecule has 0 saturated carbocycles. The average molecular weight is 342 g/mol. The van der Waals surface area contributed by atoms with Gasteiger partial charge in [-0.3, -0.25) is 0 Å². The van der Waals surface area contributed by atoms with Crippen molar-refractivity contribution in [3.8, 4) is 0 Å². The van der Waals surface area contributed by atoms with Crippen molar-refractivity contribution in [3.63, 3.8) is 0 Å². The van der Waals surface area contributed by atoms with Crippen molar-refractivity contribution >= 4 is 27.6 Å². The van der Waals surface area contributed by atoms with Crippen LogP contribution >= 0.6 is 15.9 Å². The van der Waals surface area contributed by atoms with Gasteiger partial charge in [-0.25, -0.2) is 4.79 Å². The van der Waals surface area contributed by atoms with Crippen LogP contribution in [0, 0.1) is 0 Å². The Morgan fingerprint density at radius 3 is 2.40 bits per heavy atom. The van der Waals surface area contributed by atoms with Gasteiger partial charge in [-0.05, 0) is 37.6 Å². The number of allylic oxidation sites excluding steroid dienone is 1. The van der Waals surface area contributed by atoms with Crippen LogP contribution in [0.1, 0.15) is 26.7 Å². The van der Waals surface area contributed by atoms with Crippen molar-refractivity contribution in [2.24, 2.45) is 0 Å². The number of esters is 1. The van der Waals surface area contributed by atoms with Crippen LogP contribution in [0.15, 0.2) is 40.2 Å². The maximum absolute atomic E-state index is 12.1. The van der Waals surface area contributed by atoms with Crippen molar-refractivity contribution in [3.05, 3.63) is 40.2 Å². The van der Waals surface area contributed by atoms with Gasteiger partial charge in [0.2, 0.25) is 0 Å². The van der Waals surface area contributed by atoms with Crippen LogP contribution in [-0.2, 0) is 9.53 Å². The minimum absolute atomic E-state index is 0.0522. The van der Waals surface area contributed by atoms with Crippen LogP contribution in [0.25, 0.3) is 0 Å². The average Bonchev–Trinajstić information content (AvgIpc) is 2.40. The zero-order chi connectivity index (χ0) is 15.1. The van der Waals surface area contributed by atoms with Gasteiger partial charge in [0.15, 0.2) is 5.70 Å².